The summed E-state index contributed by atoms with van der Waals surface area (Å²) in [6.45, 7) is 2.05. The van der Waals surface area contributed by atoms with Crippen LogP contribution in [0.3, 0.4) is 0 Å². The van der Waals surface area contributed by atoms with Crippen molar-refractivity contribution in [1.82, 2.24) is 9.97 Å². The summed E-state index contributed by atoms with van der Waals surface area (Å²) in [7, 11) is 0. The second kappa shape index (κ2) is 9.65. The van der Waals surface area contributed by atoms with Crippen LogP contribution in [0.25, 0.3) is 11.3 Å². The molecule has 0 radical (unpaired) electrons. The van der Waals surface area contributed by atoms with Crippen molar-refractivity contribution in [2.45, 2.75) is 6.92 Å². The van der Waals surface area contributed by atoms with Gasteiger partial charge in [0.05, 0.1) is 0 Å². The van der Waals surface area contributed by atoms with E-state index >= 15 is 0 Å². The fourth-order valence-electron chi connectivity index (χ4n) is 1.67. The fourth-order valence-corrected chi connectivity index (χ4v) is 1.67. The van der Waals surface area contributed by atoms with Crippen LogP contribution in [0.1, 0.15) is 16.1 Å². The molecule has 0 unspecified atom stereocenters. The number of carbonyl (C=O) groups is 1. The van der Waals surface area contributed by atoms with E-state index in [0.717, 1.165) is 11.3 Å². The molecule has 0 amide bonds. The van der Waals surface area contributed by atoms with Gasteiger partial charge in [0.2, 0.25) is 0 Å². The van der Waals surface area contributed by atoms with E-state index in [0.29, 0.717) is 0 Å². The molecule has 0 saturated heterocycles. The van der Waals surface area contributed by atoms with Crippen LogP contribution in [0.5, 0.6) is 0 Å². The van der Waals surface area contributed by atoms with Gasteiger partial charge in [0.1, 0.15) is 5.69 Å². The third kappa shape index (κ3) is 6.13. The molecule has 3 aromatic rings. The predicted molar refractivity (Wildman–Crippen MR) is 84.4 cm³/mol. The van der Waals surface area contributed by atoms with Gasteiger partial charge < -0.3 is 10.1 Å². The average Bonchev–Trinajstić information content (AvgIpc) is 2.58. The van der Waals surface area contributed by atoms with Crippen LogP contribution in [-0.2, 0) is 21.1 Å². The third-order valence-corrected chi connectivity index (χ3v) is 2.79. The summed E-state index contributed by atoms with van der Waals surface area (Å²) in [5, 5.41) is 8.32. The smallest absolute Gasteiger partial charge is 0.354 e. The first kappa shape index (κ1) is 18.7. The number of hydrogen-bond donors (Lipinski definition) is 1. The summed E-state index contributed by atoms with van der Waals surface area (Å²) in [6, 6.07) is 19.9. The number of rotatable bonds is 2. The second-order valence-electron chi connectivity index (χ2n) is 4.51. The topological polar surface area (TPSA) is 63.1 Å². The van der Waals surface area contributed by atoms with Gasteiger partial charge >= 0.3 is 5.97 Å². The summed E-state index contributed by atoms with van der Waals surface area (Å²) >= 11 is 0. The van der Waals surface area contributed by atoms with Crippen molar-refractivity contribution in [1.29, 1.82) is 0 Å². The first-order valence-corrected chi connectivity index (χ1v) is 6.71. The number of aryl methyl sites for hydroxylation is 1. The van der Waals surface area contributed by atoms with Crippen molar-refractivity contribution >= 4 is 5.97 Å². The quantitative estimate of drug-likeness (QED) is 0.562. The molecule has 1 aromatic carbocycles. The van der Waals surface area contributed by atoms with Gasteiger partial charge in [0.25, 0.3) is 0 Å². The summed E-state index contributed by atoms with van der Waals surface area (Å²) in [4.78, 5) is 18.0. The summed E-state index contributed by atoms with van der Waals surface area (Å²) < 4.78 is 0. The molecule has 0 saturated carbocycles. The minimum absolute atomic E-state index is 0. The zero-order valence-corrected chi connectivity index (χ0v) is 14.7. The average molecular weight is 486 g/mol. The molecule has 5 heteroatoms. The van der Waals surface area contributed by atoms with Crippen LogP contribution < -0.4 is 0 Å². The molecule has 0 aliphatic carbocycles. The molecule has 120 valence electrons. The van der Waals surface area contributed by atoms with Gasteiger partial charge in [-0.1, -0.05) is 25.1 Å². The maximum Gasteiger partial charge on any atom is 0.354 e. The molecular weight excluding hydrogens is 471 g/mol. The van der Waals surface area contributed by atoms with Crippen molar-refractivity contribution in [3.05, 3.63) is 84.3 Å². The van der Waals surface area contributed by atoms with Crippen molar-refractivity contribution in [2.24, 2.45) is 0 Å². The molecule has 0 bridgehead atoms. The Morgan fingerprint density at radius 3 is 2.13 bits per heavy atom. The Labute approximate surface area is 149 Å². The molecule has 23 heavy (non-hydrogen) atoms. The van der Waals surface area contributed by atoms with Crippen molar-refractivity contribution in [3.8, 4) is 11.3 Å². The second-order valence-corrected chi connectivity index (χ2v) is 4.51. The number of pyridine rings is 2. The Kier molecular flexibility index (Phi) is 7.85. The van der Waals surface area contributed by atoms with E-state index in [1.165, 1.54) is 17.8 Å². The molecule has 2 heterocycles. The Bertz CT molecular complexity index is 717. The standard InChI is InChI=1S/C12H10N.C6H5NO2.Pt/c1-10-5-7-11(8-6-10)12-4-2-3-9-13-12;8-6(9)5-3-1-2-4-7-5;/h2-7,9H,1H3;1-4H,(H,8,9);/q-1;;. The minimum atomic E-state index is -0.990. The van der Waals surface area contributed by atoms with Crippen LogP contribution in [-0.4, -0.2) is 21.0 Å². The SMILES string of the molecule is Cc1c[c-]c(-c2ccccn2)cc1.O=C(O)c1ccccn1.[Pt]. The monoisotopic (exact) mass is 486 g/mol. The maximum absolute atomic E-state index is 10.1. The molecule has 3 rings (SSSR count). The van der Waals surface area contributed by atoms with E-state index in [-0.39, 0.29) is 26.8 Å². The molecule has 4 nitrogen and oxygen atoms in total. The molecule has 0 fully saturated rings. The predicted octanol–water partition coefficient (Wildman–Crippen LogP) is 3.63. The molecule has 0 aliphatic rings. The zero-order valence-electron chi connectivity index (χ0n) is 12.4. The number of hydrogen-bond acceptors (Lipinski definition) is 3. The van der Waals surface area contributed by atoms with Crippen molar-refractivity contribution in [2.75, 3.05) is 0 Å². The van der Waals surface area contributed by atoms with E-state index in [1.807, 2.05) is 30.3 Å². The maximum atomic E-state index is 10.1. The largest absolute Gasteiger partial charge is 0.477 e. The Morgan fingerprint density at radius 2 is 1.70 bits per heavy atom. The number of aromatic carboxylic acids is 1. The van der Waals surface area contributed by atoms with Gasteiger partial charge in [-0.25, -0.2) is 9.78 Å². The first-order valence-electron chi connectivity index (χ1n) is 6.71. The normalized spacial score (nSPS) is 9.09. The molecule has 0 atom stereocenters. The number of carboxylic acid groups (broad SMARTS) is 1. The molecule has 2 aromatic heterocycles. The van der Waals surface area contributed by atoms with E-state index < -0.39 is 5.97 Å². The van der Waals surface area contributed by atoms with Gasteiger partial charge in [0.15, 0.2) is 0 Å². The Hall–Kier alpha value is -2.32. The number of benzene rings is 1. The van der Waals surface area contributed by atoms with Crippen molar-refractivity contribution in [3.63, 3.8) is 0 Å². The molecule has 0 aliphatic heterocycles. The van der Waals surface area contributed by atoms with Gasteiger partial charge in [0, 0.05) is 33.5 Å². The van der Waals surface area contributed by atoms with E-state index in [2.05, 4.69) is 29.0 Å². The van der Waals surface area contributed by atoms with Gasteiger partial charge in [-0.05, 0) is 23.9 Å². The van der Waals surface area contributed by atoms with Crippen LogP contribution in [0, 0.1) is 13.0 Å². The number of carboxylic acids is 1. The molecule has 1 N–H and O–H groups in total. The summed E-state index contributed by atoms with van der Waals surface area (Å²) in [6.07, 6.45) is 3.24. The number of aromatic nitrogens is 2. The Morgan fingerprint density at radius 1 is 1.00 bits per heavy atom. The van der Waals surface area contributed by atoms with Gasteiger partial charge in [-0.15, -0.1) is 35.4 Å². The van der Waals surface area contributed by atoms with Crippen LogP contribution in [0.4, 0.5) is 0 Å². The van der Waals surface area contributed by atoms with Gasteiger partial charge in [-0.3, -0.25) is 0 Å². The van der Waals surface area contributed by atoms with Crippen molar-refractivity contribution < 1.29 is 31.0 Å². The van der Waals surface area contributed by atoms with E-state index in [9.17, 15) is 4.79 Å². The first-order chi connectivity index (χ1) is 10.7. The van der Waals surface area contributed by atoms with Crippen LogP contribution >= 0.6 is 0 Å². The van der Waals surface area contributed by atoms with Crippen LogP contribution in [0.15, 0.2) is 67.0 Å². The minimum Gasteiger partial charge on any atom is -0.477 e. The summed E-state index contributed by atoms with van der Waals surface area (Å²) in [5.74, 6) is -0.990. The molecule has 0 spiro atoms. The van der Waals surface area contributed by atoms with E-state index in [4.69, 9.17) is 5.11 Å². The zero-order chi connectivity index (χ0) is 15.8. The molecular formula is C18H15N2O2Pt-. The fraction of sp³-hybridized carbons (Fsp3) is 0.0556. The summed E-state index contributed by atoms with van der Waals surface area (Å²) in [5.41, 5.74) is 3.32. The van der Waals surface area contributed by atoms with Crippen LogP contribution in [0.2, 0.25) is 0 Å². The Balaban J connectivity index is 0.000000235. The number of nitrogens with zero attached hydrogens (tertiary/aromatic N) is 2. The van der Waals surface area contributed by atoms with Gasteiger partial charge in [-0.2, -0.15) is 0 Å². The van der Waals surface area contributed by atoms with E-state index in [1.54, 1.807) is 18.3 Å². The third-order valence-electron chi connectivity index (χ3n) is 2.79.